The van der Waals surface area contributed by atoms with E-state index in [1.165, 1.54) is 7.11 Å². The van der Waals surface area contributed by atoms with Crippen LogP contribution in [-0.4, -0.2) is 61.0 Å². The van der Waals surface area contributed by atoms with Gasteiger partial charge in [0.05, 0.1) is 18.5 Å². The number of carbonyl (C=O) groups is 3. The van der Waals surface area contributed by atoms with E-state index in [-0.39, 0.29) is 13.2 Å². The lowest BCUT2D eigenvalue weighted by Crippen LogP contribution is -2.44. The van der Waals surface area contributed by atoms with Crippen molar-refractivity contribution in [2.75, 3.05) is 7.11 Å². The van der Waals surface area contributed by atoms with Crippen molar-refractivity contribution in [2.24, 2.45) is 0 Å². The third-order valence-corrected chi connectivity index (χ3v) is 4.39. The smallest absolute Gasteiger partial charge is 0.408 e. The first-order valence-corrected chi connectivity index (χ1v) is 9.63. The maximum atomic E-state index is 12.6. The van der Waals surface area contributed by atoms with E-state index in [1.54, 1.807) is 41.3 Å². The second-order valence-electron chi connectivity index (χ2n) is 6.74. The van der Waals surface area contributed by atoms with Gasteiger partial charge in [0.15, 0.2) is 11.6 Å². The van der Waals surface area contributed by atoms with E-state index in [9.17, 15) is 14.4 Å². The Morgan fingerprint density at radius 3 is 2.66 bits per heavy atom. The number of Topliss-reactive ketones (excluding diaryl/α,β-unsaturated/α-hetero) is 1. The first kappa shape index (κ1) is 22.5. The molecule has 3 rings (SSSR count). The molecule has 3 aromatic rings. The number of ketones is 1. The van der Waals surface area contributed by atoms with Crippen LogP contribution >= 0.6 is 0 Å². The average molecular weight is 442 g/mol. The first-order valence-electron chi connectivity index (χ1n) is 9.63. The van der Waals surface area contributed by atoms with Gasteiger partial charge in [-0.1, -0.05) is 30.3 Å². The zero-order chi connectivity index (χ0) is 22.9. The molecule has 0 fully saturated rings. The third-order valence-electron chi connectivity index (χ3n) is 4.39. The zero-order valence-corrected chi connectivity index (χ0v) is 17.2. The van der Waals surface area contributed by atoms with Crippen molar-refractivity contribution in [3.63, 3.8) is 0 Å². The molecule has 0 aliphatic rings. The number of benzene rings is 1. The van der Waals surface area contributed by atoms with Gasteiger partial charge in [-0.2, -0.15) is 9.53 Å². The van der Waals surface area contributed by atoms with Gasteiger partial charge >= 0.3 is 12.1 Å². The van der Waals surface area contributed by atoms with E-state index in [0.717, 1.165) is 16.1 Å². The molecule has 2 N–H and O–H groups in total. The predicted octanol–water partition coefficient (Wildman–Crippen LogP) is 0.463. The standard InChI is InChI=1S/C20H22N6O6/c1-31-25-9-5-8-15(25)10-18-22-24-26(23-18)12-17(27)16(11-19(28)29)21-20(30)32-13-14-6-3-2-4-7-14/h2-9,16H,10-13H2,1H3,(H,21,30)(H,28,29). The Bertz CT molecular complexity index is 1060. The highest BCUT2D eigenvalue weighted by Crippen LogP contribution is 2.06. The molecule has 0 radical (unpaired) electrons. The van der Waals surface area contributed by atoms with Crippen LogP contribution < -0.4 is 10.2 Å². The Morgan fingerprint density at radius 1 is 1.16 bits per heavy atom. The van der Waals surface area contributed by atoms with Crippen LogP contribution in [0, 0.1) is 0 Å². The number of nitrogens with zero attached hydrogens (tertiary/aromatic N) is 5. The molecular formula is C20H22N6O6. The number of aliphatic carboxylic acids is 1. The van der Waals surface area contributed by atoms with Crippen LogP contribution in [0.15, 0.2) is 48.7 Å². The maximum Gasteiger partial charge on any atom is 0.408 e. The van der Waals surface area contributed by atoms with Crippen molar-refractivity contribution in [3.05, 3.63) is 65.7 Å². The van der Waals surface area contributed by atoms with Crippen molar-refractivity contribution < 1.29 is 29.1 Å². The van der Waals surface area contributed by atoms with Crippen LogP contribution in [0.1, 0.15) is 23.5 Å². The Balaban J connectivity index is 1.57. The van der Waals surface area contributed by atoms with Crippen LogP contribution in [0.5, 0.6) is 0 Å². The van der Waals surface area contributed by atoms with Crippen LogP contribution in [0.4, 0.5) is 4.79 Å². The summed E-state index contributed by atoms with van der Waals surface area (Å²) in [6.07, 6.45) is 0.531. The minimum atomic E-state index is -1.31. The van der Waals surface area contributed by atoms with Gasteiger partial charge in [-0.3, -0.25) is 9.59 Å². The molecule has 0 saturated heterocycles. The van der Waals surface area contributed by atoms with E-state index in [4.69, 9.17) is 14.7 Å². The van der Waals surface area contributed by atoms with Gasteiger partial charge in [0.25, 0.3) is 0 Å². The minimum absolute atomic E-state index is 0.0160. The number of carbonyl (C=O) groups excluding carboxylic acids is 2. The molecule has 2 heterocycles. The molecule has 12 nitrogen and oxygen atoms in total. The molecule has 1 aromatic carbocycles. The Kier molecular flexibility index (Phi) is 7.51. The van der Waals surface area contributed by atoms with Crippen LogP contribution in [0.3, 0.4) is 0 Å². The highest BCUT2D eigenvalue weighted by molar-refractivity contribution is 5.90. The van der Waals surface area contributed by atoms with Gasteiger partial charge in [-0.15, -0.1) is 10.2 Å². The lowest BCUT2D eigenvalue weighted by molar-refractivity contribution is -0.139. The molecule has 0 aliphatic heterocycles. The maximum absolute atomic E-state index is 12.6. The van der Waals surface area contributed by atoms with Crippen molar-refractivity contribution in [3.8, 4) is 0 Å². The summed E-state index contributed by atoms with van der Waals surface area (Å²) in [6, 6.07) is 11.3. The largest absolute Gasteiger partial charge is 0.481 e. The third kappa shape index (κ3) is 6.39. The highest BCUT2D eigenvalue weighted by Gasteiger charge is 2.25. The number of alkyl carbamates (subject to hydrolysis) is 1. The Hall–Kier alpha value is -4.22. The first-order chi connectivity index (χ1) is 15.4. The van der Waals surface area contributed by atoms with Gasteiger partial charge in [-0.05, 0) is 22.9 Å². The second kappa shape index (κ2) is 10.7. The summed E-state index contributed by atoms with van der Waals surface area (Å²) in [6.45, 7) is -0.382. The summed E-state index contributed by atoms with van der Waals surface area (Å²) in [4.78, 5) is 42.0. The lowest BCUT2D eigenvalue weighted by Gasteiger charge is -2.15. The van der Waals surface area contributed by atoms with Gasteiger partial charge in [-0.25, -0.2) is 4.79 Å². The molecule has 12 heteroatoms. The number of carboxylic acid groups (broad SMARTS) is 1. The van der Waals surface area contributed by atoms with E-state index in [2.05, 4.69) is 20.7 Å². The normalized spacial score (nSPS) is 11.5. The molecule has 32 heavy (non-hydrogen) atoms. The van der Waals surface area contributed by atoms with Gasteiger partial charge in [0, 0.05) is 6.20 Å². The number of rotatable bonds is 11. The lowest BCUT2D eigenvalue weighted by atomic mass is 10.1. The number of tetrazole rings is 1. The fourth-order valence-corrected chi connectivity index (χ4v) is 2.87. The zero-order valence-electron chi connectivity index (χ0n) is 17.2. The summed E-state index contributed by atoms with van der Waals surface area (Å²) in [5.74, 6) is -1.51. The van der Waals surface area contributed by atoms with Crippen molar-refractivity contribution in [1.82, 2.24) is 30.3 Å². The second-order valence-corrected chi connectivity index (χ2v) is 6.74. The summed E-state index contributed by atoms with van der Waals surface area (Å²) in [5, 5.41) is 23.3. The van der Waals surface area contributed by atoms with E-state index in [1.807, 2.05) is 12.1 Å². The Morgan fingerprint density at radius 2 is 1.94 bits per heavy atom. The molecule has 0 bridgehead atoms. The number of nitrogens with one attached hydrogen (secondary N) is 1. The fourth-order valence-electron chi connectivity index (χ4n) is 2.87. The van der Waals surface area contributed by atoms with Gasteiger partial charge in [0.1, 0.15) is 26.3 Å². The van der Waals surface area contributed by atoms with Gasteiger partial charge in [0.2, 0.25) is 0 Å². The van der Waals surface area contributed by atoms with Crippen molar-refractivity contribution in [1.29, 1.82) is 0 Å². The molecule has 1 amide bonds. The molecule has 2 aromatic heterocycles. The van der Waals surface area contributed by atoms with Crippen LogP contribution in [0.2, 0.25) is 0 Å². The number of hydrogen-bond acceptors (Lipinski definition) is 8. The highest BCUT2D eigenvalue weighted by atomic mass is 16.6. The topological polar surface area (TPSA) is 150 Å². The molecule has 1 atom stereocenters. The number of hydrogen-bond donors (Lipinski definition) is 2. The minimum Gasteiger partial charge on any atom is -0.481 e. The predicted molar refractivity (Wildman–Crippen MR) is 108 cm³/mol. The molecule has 1 unspecified atom stereocenters. The van der Waals surface area contributed by atoms with E-state index >= 15 is 0 Å². The van der Waals surface area contributed by atoms with Crippen LogP contribution in [-0.2, 0) is 33.9 Å². The molecule has 0 saturated carbocycles. The molecular weight excluding hydrogens is 420 g/mol. The number of carboxylic acids is 1. The monoisotopic (exact) mass is 442 g/mol. The van der Waals surface area contributed by atoms with E-state index < -0.39 is 30.3 Å². The molecule has 168 valence electrons. The fraction of sp³-hybridized carbons (Fsp3) is 0.300. The van der Waals surface area contributed by atoms with Gasteiger partial charge < -0.3 is 20.0 Å². The SMILES string of the molecule is COn1cccc1Cc1nnn(CC(=O)C(CC(=O)O)NC(=O)OCc2ccccc2)n1. The van der Waals surface area contributed by atoms with Crippen molar-refractivity contribution in [2.45, 2.75) is 32.0 Å². The summed E-state index contributed by atoms with van der Waals surface area (Å²) in [7, 11) is 1.52. The summed E-state index contributed by atoms with van der Waals surface area (Å²) < 4.78 is 6.61. The summed E-state index contributed by atoms with van der Waals surface area (Å²) >= 11 is 0. The van der Waals surface area contributed by atoms with E-state index in [0.29, 0.717) is 12.2 Å². The number of aromatic nitrogens is 5. The Labute approximate surface area is 182 Å². The molecule has 0 spiro atoms. The van der Waals surface area contributed by atoms with Crippen LogP contribution in [0.25, 0.3) is 0 Å². The molecule has 0 aliphatic carbocycles. The quantitative estimate of drug-likeness (QED) is 0.432. The average Bonchev–Trinajstić information content (AvgIpc) is 3.41. The number of ether oxygens (including phenoxy) is 1. The number of amides is 1. The summed E-state index contributed by atoms with van der Waals surface area (Å²) in [5.41, 5.74) is 1.53. The van der Waals surface area contributed by atoms with Crippen molar-refractivity contribution >= 4 is 17.8 Å².